The average Bonchev–Trinajstić information content (AvgIpc) is 2.89. The Hall–Kier alpha value is -4.76. The van der Waals surface area contributed by atoms with E-state index in [1.54, 1.807) is 0 Å². The summed E-state index contributed by atoms with van der Waals surface area (Å²) in [6, 6.07) is 39.5. The van der Waals surface area contributed by atoms with Crippen LogP contribution in [-0.4, -0.2) is 0 Å². The van der Waals surface area contributed by atoms with Crippen molar-refractivity contribution in [2.45, 2.75) is 0 Å². The molecule has 0 N–H and O–H groups in total. The van der Waals surface area contributed by atoms with E-state index in [0.29, 0.717) is 0 Å². The van der Waals surface area contributed by atoms with Gasteiger partial charge < -0.3 is 50.5 Å². The van der Waals surface area contributed by atoms with Crippen molar-refractivity contribution in [2.24, 2.45) is 0 Å². The Morgan fingerprint density at radius 3 is 0.588 bits per heavy atom. The molecule has 164 valence electrons. The molecule has 0 aliphatic rings. The number of rotatable bonds is 4. The molecule has 0 unspecified atom stereocenters. The van der Waals surface area contributed by atoms with E-state index in [9.17, 15) is 0 Å². The van der Waals surface area contributed by atoms with Crippen LogP contribution in [0.1, 0.15) is 22.3 Å². The summed E-state index contributed by atoms with van der Waals surface area (Å²) < 4.78 is 0. The molecular weight excluding hydrogens is 1020 g/mol. The first kappa shape index (κ1) is 27.3. The van der Waals surface area contributed by atoms with Crippen LogP contribution >= 0.6 is 0 Å². The molecule has 6 heteroatoms. The van der Waals surface area contributed by atoms with E-state index >= 15 is 0 Å². The van der Waals surface area contributed by atoms with Crippen molar-refractivity contribution in [3.05, 3.63) is 144 Å². The van der Waals surface area contributed by atoms with Gasteiger partial charge in [0.25, 0.3) is 0 Å². The van der Waals surface area contributed by atoms with Crippen LogP contribution in [-0.2, 0) is 50.5 Å². The first-order chi connectivity index (χ1) is 15.6. The van der Waals surface area contributed by atoms with Crippen molar-refractivity contribution in [3.63, 3.8) is 0 Å². The van der Waals surface area contributed by atoms with Crippen LogP contribution in [0, 0.1) is 0 Å². The van der Waals surface area contributed by atoms with Crippen molar-refractivity contribution in [2.75, 3.05) is 0 Å². The summed E-state index contributed by atoms with van der Waals surface area (Å²) >= 11 is 21.5. The van der Waals surface area contributed by atoms with Gasteiger partial charge in [0, 0.05) is 0 Å². The van der Waals surface area contributed by atoms with Gasteiger partial charge in [-0.3, -0.25) is 0 Å². The fourth-order valence-electron chi connectivity index (χ4n) is 2.88. The average molecular weight is 1040 g/mol. The minimum Gasteiger partial charge on any atom is -0.781 e. The number of hydrogen-bond donors (Lipinski definition) is 0. The first-order valence-corrected chi connectivity index (χ1v) is 11.6. The number of hydrogen-bond acceptors (Lipinski definition) is 4. The zero-order valence-electron chi connectivity index (χ0n) is 18.6. The topological polar surface area (TPSA) is 0 Å². The van der Waals surface area contributed by atoms with Gasteiger partial charge in [0.1, 0.15) is 0 Å². The van der Waals surface area contributed by atoms with E-state index in [4.69, 9.17) is 50.5 Å². The third-order valence-corrected chi connectivity index (χ3v) is 6.57. The van der Waals surface area contributed by atoms with Gasteiger partial charge in [0.2, 0.25) is 0 Å². The maximum Gasteiger partial charge on any atom is 0 e. The second-order valence-electron chi connectivity index (χ2n) is 6.78. The predicted molar refractivity (Wildman–Crippen MR) is 149 cm³/mol. The fourth-order valence-corrected chi connectivity index (χ4v) is 3.90. The Bertz CT molecular complexity index is 986. The van der Waals surface area contributed by atoms with Crippen molar-refractivity contribution in [3.8, 4) is 0 Å². The maximum atomic E-state index is 5.38. The molecule has 0 amide bonds. The molecule has 0 heterocycles. The molecule has 4 aromatic rings. The molecule has 0 aliphatic heterocycles. The monoisotopic (exact) mass is 1040 g/mol. The Morgan fingerprint density at radius 1 is 0.294 bits per heavy atom. The molecule has 0 saturated carbocycles. The molecule has 0 bridgehead atoms. The summed E-state index contributed by atoms with van der Waals surface area (Å²) in [5.74, 6) is 0. The van der Waals surface area contributed by atoms with E-state index in [2.05, 4.69) is 0 Å². The quantitative estimate of drug-likeness (QED) is 0.157. The predicted octanol–water partition coefficient (Wildman–Crippen LogP) is 7.21. The Kier molecular flexibility index (Phi) is 10.9. The molecule has 0 atom stereocenters. The summed E-state index contributed by atoms with van der Waals surface area (Å²) in [6.07, 6.45) is 0. The Balaban J connectivity index is 0.000000321. The van der Waals surface area contributed by atoms with Crippen molar-refractivity contribution in [1.82, 2.24) is 0 Å². The Morgan fingerprint density at radius 2 is 0.441 bits per heavy atom. The molecule has 0 aliphatic carbocycles. The van der Waals surface area contributed by atoms with E-state index < -0.39 is 0 Å². The van der Waals surface area contributed by atoms with Gasteiger partial charge in [0.05, 0.1) is 0 Å². The first-order valence-electron chi connectivity index (χ1n) is 9.96. The van der Waals surface area contributed by atoms with Crippen LogP contribution in [0.2, 0.25) is 0 Å². The molecular formula is C28H20Mt2S4-4. The third-order valence-electron chi connectivity index (χ3n) is 4.56. The molecule has 0 fully saturated rings. The van der Waals surface area contributed by atoms with Gasteiger partial charge in [0.15, 0.2) is 0 Å². The zero-order valence-corrected chi connectivity index (χ0v) is 35.0. The summed E-state index contributed by atoms with van der Waals surface area (Å²) in [5.41, 5.74) is 4.02. The second-order valence-corrected chi connectivity index (χ2v) is 8.41. The van der Waals surface area contributed by atoms with Crippen molar-refractivity contribution < 1.29 is 0 Å². The van der Waals surface area contributed by atoms with Crippen molar-refractivity contribution >= 4 is 70.1 Å². The van der Waals surface area contributed by atoms with Crippen LogP contribution in [0.4, 0.5) is 0 Å². The second kappa shape index (κ2) is 13.6. The van der Waals surface area contributed by atoms with Gasteiger partial charge in [-0.15, -0.1) is 0 Å². The maximum absolute atomic E-state index is 5.38. The standard InChI is InChI=1S/2C14H12S2.2Mt/c2*15-13(11-7-3-1-4-8-11)14(16)12-9-5-2-6-10-12;;/h2*1-10,15-16H;;/p-4/b2*14-13-;;. The molecule has 0 nitrogen and oxygen atoms in total. The van der Waals surface area contributed by atoms with Gasteiger partial charge in [-0.05, 0) is 22.3 Å². The molecule has 0 radical (unpaired) electrons. The van der Waals surface area contributed by atoms with Gasteiger partial charge in [-0.2, -0.15) is 19.6 Å². The summed E-state index contributed by atoms with van der Waals surface area (Å²) in [7, 11) is 0. The normalized spacial score (nSPS) is 11.3. The van der Waals surface area contributed by atoms with Crippen LogP contribution in [0.5, 0.6) is 0 Å². The molecule has 0 saturated heterocycles. The van der Waals surface area contributed by atoms with Crippen LogP contribution in [0.25, 0.3) is 19.6 Å². The minimum atomic E-state index is 0. The van der Waals surface area contributed by atoms with Crippen LogP contribution in [0.3, 0.4) is 0 Å². The summed E-state index contributed by atoms with van der Waals surface area (Å²) in [5, 5.41) is 0. The van der Waals surface area contributed by atoms with E-state index in [1.807, 2.05) is 121 Å². The minimum absolute atomic E-state index is 0. The van der Waals surface area contributed by atoms with Crippen molar-refractivity contribution in [1.29, 1.82) is 0 Å². The largest absolute Gasteiger partial charge is 0.781 e. The molecule has 0 spiro atoms. The zero-order chi connectivity index (χ0) is 22.8. The van der Waals surface area contributed by atoms with E-state index in [1.165, 1.54) is 0 Å². The summed E-state index contributed by atoms with van der Waals surface area (Å²) in [6.45, 7) is 0. The molecule has 0 aromatic heterocycles. The fraction of sp³-hybridized carbons (Fsp3) is 0. The summed E-state index contributed by atoms with van der Waals surface area (Å²) in [4.78, 5) is 2.95. The Labute approximate surface area is 212 Å². The SMILES string of the molecule is [Mt].[Mt].[S-]/C(=C(\[S-])c1ccccc1)c1ccccc1.[S-]/C(=C(\[S-])c1ccccc1)c1ccccc1. The van der Waals surface area contributed by atoms with Crippen LogP contribution in [0.15, 0.2) is 121 Å². The van der Waals surface area contributed by atoms with Gasteiger partial charge >= 0.3 is 0 Å². The third kappa shape index (κ3) is 7.14. The number of benzene rings is 4. The van der Waals surface area contributed by atoms with Crippen LogP contribution < -0.4 is 0 Å². The van der Waals surface area contributed by atoms with Gasteiger partial charge in [-0.1, -0.05) is 121 Å². The smallest absolute Gasteiger partial charge is 0 e. The molecule has 34 heavy (non-hydrogen) atoms. The molecule has 4 rings (SSSR count). The van der Waals surface area contributed by atoms with E-state index in [-0.39, 0.29) is 0 Å². The molecule has 4 aromatic carbocycles. The van der Waals surface area contributed by atoms with Gasteiger partial charge in [-0.25, -0.2) is 0 Å². The van der Waals surface area contributed by atoms with E-state index in [0.717, 1.165) is 41.9 Å².